The number of aryl methyl sites for hydroxylation is 1. The number of hydrogen-bond donors (Lipinski definition) is 1. The van der Waals surface area contributed by atoms with E-state index in [-0.39, 0.29) is 0 Å². The standard InChI is InChI=1S/C15H27N3O/c1-3-8-16-15(13-6-11-19-12-7-13)14-5-9-17-18(14)10-4-2/h5,9,13,15-16H,3-4,6-8,10-12H2,1-2H3. The molecule has 0 spiro atoms. The van der Waals surface area contributed by atoms with Gasteiger partial charge in [-0.3, -0.25) is 4.68 Å². The van der Waals surface area contributed by atoms with Crippen LogP contribution in [0, 0.1) is 5.92 Å². The van der Waals surface area contributed by atoms with Gasteiger partial charge in [0.05, 0.1) is 11.7 Å². The second kappa shape index (κ2) is 7.65. The summed E-state index contributed by atoms with van der Waals surface area (Å²) in [4.78, 5) is 0. The van der Waals surface area contributed by atoms with Crippen molar-refractivity contribution in [2.24, 2.45) is 5.92 Å². The second-order valence-corrected chi connectivity index (χ2v) is 5.36. The van der Waals surface area contributed by atoms with Crippen LogP contribution in [0.1, 0.15) is 51.3 Å². The average molecular weight is 265 g/mol. The van der Waals surface area contributed by atoms with Crippen LogP contribution in [0.25, 0.3) is 0 Å². The number of ether oxygens (including phenoxy) is 1. The van der Waals surface area contributed by atoms with Crippen LogP contribution in [0.2, 0.25) is 0 Å². The van der Waals surface area contributed by atoms with E-state index >= 15 is 0 Å². The Bertz CT molecular complexity index is 358. The van der Waals surface area contributed by atoms with Gasteiger partial charge in [0.25, 0.3) is 0 Å². The quantitative estimate of drug-likeness (QED) is 0.824. The van der Waals surface area contributed by atoms with Crippen LogP contribution in [-0.4, -0.2) is 29.5 Å². The van der Waals surface area contributed by atoms with Gasteiger partial charge < -0.3 is 10.1 Å². The smallest absolute Gasteiger partial charge is 0.0556 e. The molecule has 4 heteroatoms. The molecule has 2 rings (SSSR count). The van der Waals surface area contributed by atoms with Gasteiger partial charge in [0.15, 0.2) is 0 Å². The number of aromatic nitrogens is 2. The molecule has 1 aliphatic heterocycles. The topological polar surface area (TPSA) is 39.1 Å². The van der Waals surface area contributed by atoms with E-state index in [4.69, 9.17) is 4.74 Å². The Hall–Kier alpha value is -0.870. The fraction of sp³-hybridized carbons (Fsp3) is 0.800. The molecule has 1 aliphatic rings. The maximum atomic E-state index is 5.50. The number of hydrogen-bond acceptors (Lipinski definition) is 3. The first-order valence-electron chi connectivity index (χ1n) is 7.69. The van der Waals surface area contributed by atoms with Crippen LogP contribution in [0.4, 0.5) is 0 Å². The highest BCUT2D eigenvalue weighted by molar-refractivity contribution is 5.09. The Morgan fingerprint density at radius 3 is 2.84 bits per heavy atom. The first kappa shape index (κ1) is 14.5. The van der Waals surface area contributed by atoms with Crippen LogP contribution < -0.4 is 5.32 Å². The molecule has 0 bridgehead atoms. The molecule has 1 aromatic rings. The minimum atomic E-state index is 0.429. The van der Waals surface area contributed by atoms with E-state index < -0.39 is 0 Å². The minimum absolute atomic E-state index is 0.429. The fourth-order valence-corrected chi connectivity index (χ4v) is 2.87. The second-order valence-electron chi connectivity index (χ2n) is 5.36. The third kappa shape index (κ3) is 3.80. The van der Waals surface area contributed by atoms with Gasteiger partial charge >= 0.3 is 0 Å². The van der Waals surface area contributed by atoms with Gasteiger partial charge in [-0.15, -0.1) is 0 Å². The third-order valence-corrected chi connectivity index (χ3v) is 3.86. The van der Waals surface area contributed by atoms with E-state index in [1.165, 1.54) is 12.1 Å². The molecule has 4 nitrogen and oxygen atoms in total. The Kier molecular flexibility index (Phi) is 5.86. The molecule has 0 saturated carbocycles. The number of rotatable bonds is 7. The van der Waals surface area contributed by atoms with Crippen molar-refractivity contribution in [1.29, 1.82) is 0 Å². The molecule has 0 radical (unpaired) electrons. The summed E-state index contributed by atoms with van der Waals surface area (Å²) in [7, 11) is 0. The van der Waals surface area contributed by atoms with Crippen molar-refractivity contribution in [2.75, 3.05) is 19.8 Å². The molecule has 0 aliphatic carbocycles. The highest BCUT2D eigenvalue weighted by Crippen LogP contribution is 2.30. The van der Waals surface area contributed by atoms with Crippen LogP contribution >= 0.6 is 0 Å². The number of nitrogens with one attached hydrogen (secondary N) is 1. The molecular weight excluding hydrogens is 238 g/mol. The van der Waals surface area contributed by atoms with Crippen molar-refractivity contribution in [1.82, 2.24) is 15.1 Å². The van der Waals surface area contributed by atoms with E-state index in [9.17, 15) is 0 Å². The van der Waals surface area contributed by atoms with Crippen molar-refractivity contribution in [3.05, 3.63) is 18.0 Å². The maximum Gasteiger partial charge on any atom is 0.0556 e. The van der Waals surface area contributed by atoms with Gasteiger partial charge in [-0.2, -0.15) is 5.10 Å². The lowest BCUT2D eigenvalue weighted by Gasteiger charge is -2.31. The highest BCUT2D eigenvalue weighted by atomic mass is 16.5. The summed E-state index contributed by atoms with van der Waals surface area (Å²) >= 11 is 0. The van der Waals surface area contributed by atoms with E-state index in [0.717, 1.165) is 45.6 Å². The lowest BCUT2D eigenvalue weighted by Crippen LogP contribution is -2.34. The van der Waals surface area contributed by atoms with Crippen LogP contribution in [0.5, 0.6) is 0 Å². The lowest BCUT2D eigenvalue weighted by atomic mass is 9.89. The first-order chi connectivity index (χ1) is 9.36. The summed E-state index contributed by atoms with van der Waals surface area (Å²) in [5.74, 6) is 0.674. The fourth-order valence-electron chi connectivity index (χ4n) is 2.87. The van der Waals surface area contributed by atoms with E-state index in [1.807, 2.05) is 6.20 Å². The number of nitrogens with zero attached hydrogens (tertiary/aromatic N) is 2. The summed E-state index contributed by atoms with van der Waals surface area (Å²) in [5, 5.41) is 8.20. The SMILES string of the molecule is CCCNC(c1ccnn1CCC)C1CCOCC1. The average Bonchev–Trinajstić information content (AvgIpc) is 2.89. The molecule has 2 heterocycles. The summed E-state index contributed by atoms with van der Waals surface area (Å²) in [6.45, 7) is 8.30. The zero-order valence-corrected chi connectivity index (χ0v) is 12.3. The molecule has 1 aromatic heterocycles. The van der Waals surface area contributed by atoms with Crippen molar-refractivity contribution >= 4 is 0 Å². The zero-order valence-electron chi connectivity index (χ0n) is 12.3. The Labute approximate surface area is 116 Å². The summed E-state index contributed by atoms with van der Waals surface area (Å²) in [6.07, 6.45) is 6.53. The van der Waals surface area contributed by atoms with Gasteiger partial charge in [0, 0.05) is 26.0 Å². The van der Waals surface area contributed by atoms with Gasteiger partial charge in [0.2, 0.25) is 0 Å². The van der Waals surface area contributed by atoms with E-state index in [1.54, 1.807) is 0 Å². The van der Waals surface area contributed by atoms with Crippen LogP contribution in [0.15, 0.2) is 12.3 Å². The molecule has 0 amide bonds. The molecule has 1 unspecified atom stereocenters. The highest BCUT2D eigenvalue weighted by Gasteiger charge is 2.27. The minimum Gasteiger partial charge on any atom is -0.381 e. The van der Waals surface area contributed by atoms with Crippen molar-refractivity contribution < 1.29 is 4.74 Å². The van der Waals surface area contributed by atoms with E-state index in [0.29, 0.717) is 12.0 Å². The summed E-state index contributed by atoms with van der Waals surface area (Å²) < 4.78 is 7.67. The lowest BCUT2D eigenvalue weighted by molar-refractivity contribution is 0.0524. The van der Waals surface area contributed by atoms with Gasteiger partial charge in [-0.1, -0.05) is 13.8 Å². The molecular formula is C15H27N3O. The monoisotopic (exact) mass is 265 g/mol. The third-order valence-electron chi connectivity index (χ3n) is 3.86. The van der Waals surface area contributed by atoms with Gasteiger partial charge in [-0.25, -0.2) is 0 Å². The summed E-state index contributed by atoms with van der Waals surface area (Å²) in [5.41, 5.74) is 1.35. The van der Waals surface area contributed by atoms with Gasteiger partial charge in [0.1, 0.15) is 0 Å². The first-order valence-corrected chi connectivity index (χ1v) is 7.69. The zero-order chi connectivity index (χ0) is 13.5. The summed E-state index contributed by atoms with van der Waals surface area (Å²) in [6, 6.07) is 2.61. The molecule has 1 N–H and O–H groups in total. The molecule has 0 aromatic carbocycles. The predicted molar refractivity (Wildman–Crippen MR) is 77.1 cm³/mol. The van der Waals surface area contributed by atoms with Gasteiger partial charge in [-0.05, 0) is 44.2 Å². The van der Waals surface area contributed by atoms with Crippen molar-refractivity contribution in [3.8, 4) is 0 Å². The van der Waals surface area contributed by atoms with Crippen LogP contribution in [0.3, 0.4) is 0 Å². The molecule has 19 heavy (non-hydrogen) atoms. The molecule has 1 atom stereocenters. The largest absolute Gasteiger partial charge is 0.381 e. The predicted octanol–water partition coefficient (Wildman–Crippen LogP) is 2.76. The van der Waals surface area contributed by atoms with Crippen molar-refractivity contribution in [3.63, 3.8) is 0 Å². The Balaban J connectivity index is 2.12. The molecule has 1 fully saturated rings. The maximum absolute atomic E-state index is 5.50. The molecule has 1 saturated heterocycles. The van der Waals surface area contributed by atoms with Crippen molar-refractivity contribution in [2.45, 2.75) is 52.1 Å². The normalized spacial score (nSPS) is 18.6. The Morgan fingerprint density at radius 2 is 2.16 bits per heavy atom. The van der Waals surface area contributed by atoms with Crippen LogP contribution in [-0.2, 0) is 11.3 Å². The van der Waals surface area contributed by atoms with E-state index in [2.05, 4.69) is 35.0 Å². The molecule has 108 valence electrons. The Morgan fingerprint density at radius 1 is 1.37 bits per heavy atom.